The van der Waals surface area contributed by atoms with Crippen molar-refractivity contribution in [1.29, 1.82) is 0 Å². The predicted molar refractivity (Wildman–Crippen MR) is 101 cm³/mol. The minimum atomic E-state index is -3.97. The topological polar surface area (TPSA) is 110 Å². The van der Waals surface area contributed by atoms with E-state index in [1.54, 1.807) is 0 Å². The van der Waals surface area contributed by atoms with Gasteiger partial charge in [0.25, 0.3) is 0 Å². The van der Waals surface area contributed by atoms with E-state index in [2.05, 4.69) is 4.72 Å². The quantitative estimate of drug-likeness (QED) is 0.684. The number of sulfonamides is 2. The fraction of sp³-hybridized carbons (Fsp3) is 0.294. The molecule has 2 aromatic rings. The number of primary sulfonamides is 1. The summed E-state index contributed by atoms with van der Waals surface area (Å²) in [5.74, 6) is 0. The van der Waals surface area contributed by atoms with Gasteiger partial charge in [0.2, 0.25) is 20.0 Å². The van der Waals surface area contributed by atoms with Crippen molar-refractivity contribution in [2.45, 2.75) is 22.3 Å². The predicted octanol–water partition coefficient (Wildman–Crippen LogP) is 0.785. The van der Waals surface area contributed by atoms with Crippen LogP contribution in [0.5, 0.6) is 0 Å². The Bertz CT molecular complexity index is 943. The maximum absolute atomic E-state index is 12.5. The summed E-state index contributed by atoms with van der Waals surface area (Å²) in [7, 11) is -4.08. The van der Waals surface area contributed by atoms with Crippen LogP contribution in [0.25, 0.3) is 0 Å². The summed E-state index contributed by atoms with van der Waals surface area (Å²) < 4.78 is 50.5. The van der Waals surface area contributed by atoms with E-state index in [4.69, 9.17) is 5.14 Å². The van der Waals surface area contributed by atoms with Gasteiger partial charge >= 0.3 is 0 Å². The molecule has 0 spiro atoms. The first kappa shape index (κ1) is 20.5. The van der Waals surface area contributed by atoms with Gasteiger partial charge in [0.15, 0.2) is 0 Å². The first-order valence-corrected chi connectivity index (χ1v) is 11.0. The van der Waals surface area contributed by atoms with Crippen LogP contribution >= 0.6 is 0 Å². The van der Waals surface area contributed by atoms with E-state index in [1.165, 1.54) is 18.2 Å². The molecule has 1 unspecified atom stereocenters. The molecule has 0 saturated heterocycles. The summed E-state index contributed by atoms with van der Waals surface area (Å²) in [5.41, 5.74) is 1.10. The molecule has 3 N–H and O–H groups in total. The summed E-state index contributed by atoms with van der Waals surface area (Å²) in [4.78, 5) is 1.56. The molecule has 0 aliphatic rings. The molecule has 0 saturated carbocycles. The molecule has 7 nitrogen and oxygen atoms in total. The number of hydrogen-bond acceptors (Lipinski definition) is 5. The normalized spacial score (nSPS) is 13.7. The van der Waals surface area contributed by atoms with E-state index in [9.17, 15) is 16.8 Å². The minimum absolute atomic E-state index is 0.0615. The highest BCUT2D eigenvalue weighted by molar-refractivity contribution is 7.90. The third-order valence-corrected chi connectivity index (χ3v) is 6.33. The van der Waals surface area contributed by atoms with Crippen LogP contribution in [-0.2, 0) is 26.5 Å². The summed E-state index contributed by atoms with van der Waals surface area (Å²) in [6.45, 7) is 0.184. The van der Waals surface area contributed by atoms with Gasteiger partial charge in [-0.15, -0.1) is 0 Å². The number of likely N-dealkylation sites (N-methyl/N-ethyl adjacent to an activating group) is 1. The zero-order valence-electron chi connectivity index (χ0n) is 14.7. The highest BCUT2D eigenvalue weighted by Gasteiger charge is 2.20. The van der Waals surface area contributed by atoms with Gasteiger partial charge in [-0.25, -0.2) is 26.7 Å². The largest absolute Gasteiger partial charge is 0.305 e. The van der Waals surface area contributed by atoms with Gasteiger partial charge in [0.05, 0.1) is 9.79 Å². The number of nitrogens with two attached hydrogens (primary N) is 1. The zero-order valence-corrected chi connectivity index (χ0v) is 16.3. The first-order valence-electron chi connectivity index (χ1n) is 7.92. The monoisotopic (exact) mass is 397 g/mol. The number of rotatable bonds is 8. The highest BCUT2D eigenvalue weighted by atomic mass is 32.2. The molecule has 26 heavy (non-hydrogen) atoms. The Hall–Kier alpha value is -1.78. The number of benzene rings is 2. The van der Waals surface area contributed by atoms with Crippen LogP contribution in [0.2, 0.25) is 0 Å². The average molecular weight is 398 g/mol. The van der Waals surface area contributed by atoms with Gasteiger partial charge < -0.3 is 4.90 Å². The second-order valence-corrected chi connectivity index (χ2v) is 9.51. The van der Waals surface area contributed by atoms with E-state index in [-0.39, 0.29) is 22.4 Å². The van der Waals surface area contributed by atoms with Crippen LogP contribution in [-0.4, -0.2) is 48.4 Å². The Morgan fingerprint density at radius 3 is 2.15 bits per heavy atom. The molecule has 2 rings (SSSR count). The molecular weight excluding hydrogens is 374 g/mol. The Morgan fingerprint density at radius 2 is 1.58 bits per heavy atom. The van der Waals surface area contributed by atoms with Crippen molar-refractivity contribution < 1.29 is 16.8 Å². The smallest absolute Gasteiger partial charge is 0.240 e. The summed E-state index contributed by atoms with van der Waals surface area (Å²) in [6, 6.07) is 14.7. The summed E-state index contributed by atoms with van der Waals surface area (Å²) >= 11 is 0. The maximum Gasteiger partial charge on any atom is 0.240 e. The van der Waals surface area contributed by atoms with E-state index in [0.29, 0.717) is 6.42 Å². The van der Waals surface area contributed by atoms with Gasteiger partial charge in [-0.2, -0.15) is 0 Å². The molecule has 1 atom stereocenters. The fourth-order valence-electron chi connectivity index (χ4n) is 2.43. The molecule has 9 heteroatoms. The van der Waals surface area contributed by atoms with Crippen molar-refractivity contribution >= 4 is 20.0 Å². The molecular formula is C17H23N3O4S2. The van der Waals surface area contributed by atoms with Gasteiger partial charge in [-0.05, 0) is 44.3 Å². The van der Waals surface area contributed by atoms with E-state index in [1.807, 2.05) is 49.3 Å². The lowest BCUT2D eigenvalue weighted by molar-refractivity contribution is 0.291. The van der Waals surface area contributed by atoms with E-state index < -0.39 is 20.0 Å². The maximum atomic E-state index is 12.5. The third kappa shape index (κ3) is 5.61. The van der Waals surface area contributed by atoms with Crippen LogP contribution in [0, 0.1) is 0 Å². The van der Waals surface area contributed by atoms with Gasteiger partial charge in [-0.3, -0.25) is 0 Å². The molecule has 0 amide bonds. The van der Waals surface area contributed by atoms with Crippen molar-refractivity contribution in [3.63, 3.8) is 0 Å². The van der Waals surface area contributed by atoms with Crippen LogP contribution in [0.4, 0.5) is 0 Å². The van der Waals surface area contributed by atoms with Gasteiger partial charge in [0.1, 0.15) is 0 Å². The summed E-state index contributed by atoms with van der Waals surface area (Å²) in [5, 5.41) is 5.07. The Morgan fingerprint density at radius 1 is 0.962 bits per heavy atom. The molecule has 0 fully saturated rings. The standard InChI is InChI=1S/C17H23N3O4S2/c1-20(2)15(11-14-7-4-3-5-8-14)13-19-26(23,24)17-10-6-9-16(12-17)25(18,21)22/h3-10,12,15,19H,11,13H2,1-2H3,(H2,18,21,22). The van der Waals surface area contributed by atoms with Gasteiger partial charge in [-0.1, -0.05) is 36.4 Å². The molecule has 0 radical (unpaired) electrons. The SMILES string of the molecule is CN(C)C(CNS(=O)(=O)c1cccc(S(N)(=O)=O)c1)Cc1ccccc1. The van der Waals surface area contributed by atoms with Crippen molar-refractivity contribution in [2.75, 3.05) is 20.6 Å². The lowest BCUT2D eigenvalue weighted by Gasteiger charge is -2.24. The molecule has 0 aromatic heterocycles. The zero-order chi connectivity index (χ0) is 19.4. The molecule has 0 aliphatic carbocycles. The van der Waals surface area contributed by atoms with Crippen LogP contribution in [0.1, 0.15) is 5.56 Å². The Labute approximate surface area is 154 Å². The van der Waals surface area contributed by atoms with Crippen molar-refractivity contribution in [3.8, 4) is 0 Å². The van der Waals surface area contributed by atoms with Crippen LogP contribution in [0.15, 0.2) is 64.4 Å². The molecule has 0 aliphatic heterocycles. The molecule has 0 bridgehead atoms. The first-order chi connectivity index (χ1) is 12.1. The molecule has 0 heterocycles. The lowest BCUT2D eigenvalue weighted by atomic mass is 10.1. The molecule has 142 valence electrons. The number of nitrogens with one attached hydrogen (secondary N) is 1. The number of hydrogen-bond donors (Lipinski definition) is 2. The van der Waals surface area contributed by atoms with Crippen molar-refractivity contribution in [2.24, 2.45) is 5.14 Å². The Balaban J connectivity index is 2.15. The van der Waals surface area contributed by atoms with E-state index >= 15 is 0 Å². The second-order valence-electron chi connectivity index (χ2n) is 6.18. The fourth-order valence-corrected chi connectivity index (χ4v) is 4.18. The van der Waals surface area contributed by atoms with Gasteiger partial charge in [0, 0.05) is 12.6 Å². The lowest BCUT2D eigenvalue weighted by Crippen LogP contribution is -2.41. The van der Waals surface area contributed by atoms with E-state index in [0.717, 1.165) is 11.6 Å². The van der Waals surface area contributed by atoms with Crippen LogP contribution < -0.4 is 9.86 Å². The highest BCUT2D eigenvalue weighted by Crippen LogP contribution is 2.15. The number of nitrogens with zero attached hydrogens (tertiary/aromatic N) is 1. The minimum Gasteiger partial charge on any atom is -0.305 e. The van der Waals surface area contributed by atoms with Crippen molar-refractivity contribution in [1.82, 2.24) is 9.62 Å². The molecule has 2 aromatic carbocycles. The summed E-state index contributed by atoms with van der Waals surface area (Å²) in [6.07, 6.45) is 0.674. The third-order valence-electron chi connectivity index (χ3n) is 4.00. The van der Waals surface area contributed by atoms with Crippen molar-refractivity contribution in [3.05, 3.63) is 60.2 Å². The average Bonchev–Trinajstić information content (AvgIpc) is 2.58. The Kier molecular flexibility index (Phi) is 6.53. The van der Waals surface area contributed by atoms with Crippen LogP contribution in [0.3, 0.4) is 0 Å². The second kappa shape index (κ2) is 8.28.